The normalized spacial score (nSPS) is 23.0. The average Bonchev–Trinajstić information content (AvgIpc) is 3.54. The van der Waals surface area contributed by atoms with Gasteiger partial charge in [0, 0.05) is 37.2 Å². The molecular weight excluding hydrogens is 579 g/mol. The molecule has 38 heavy (non-hydrogen) atoms. The molecule has 11 nitrogen and oxygen atoms in total. The molecule has 1 aliphatic heterocycles. The number of aromatic nitrogens is 4. The van der Waals surface area contributed by atoms with E-state index in [4.69, 9.17) is 42.1 Å². The summed E-state index contributed by atoms with van der Waals surface area (Å²) in [5.41, 5.74) is -0.388. The zero-order valence-corrected chi connectivity index (χ0v) is 23.4. The van der Waals surface area contributed by atoms with E-state index < -0.39 is 47.7 Å². The Morgan fingerprint density at radius 1 is 1.08 bits per heavy atom. The van der Waals surface area contributed by atoms with Crippen molar-refractivity contribution in [3.8, 4) is 10.7 Å². The highest BCUT2D eigenvalue weighted by atomic mass is 35.5. The smallest absolute Gasteiger partial charge is 0.303 e. The van der Waals surface area contributed by atoms with Crippen LogP contribution in [0.15, 0.2) is 40.9 Å². The largest absolute Gasteiger partial charge is 0.463 e. The molecule has 0 bridgehead atoms. The molecule has 0 unspecified atom stereocenters. The van der Waals surface area contributed by atoms with Gasteiger partial charge in [-0.3, -0.25) is 14.4 Å². The number of hydrogen-bond acceptors (Lipinski definition) is 12. The van der Waals surface area contributed by atoms with Crippen LogP contribution in [-0.2, 0) is 33.3 Å². The zero-order valence-electron chi connectivity index (χ0n) is 20.3. The number of thioether (sulfide) groups is 1. The molecule has 2 aromatic heterocycles. The van der Waals surface area contributed by atoms with Crippen LogP contribution < -0.4 is 0 Å². The number of esters is 3. The Bertz CT molecular complexity index is 1310. The summed E-state index contributed by atoms with van der Waals surface area (Å²) >= 11 is 14.8. The van der Waals surface area contributed by atoms with Gasteiger partial charge in [0.05, 0.1) is 16.2 Å². The number of thiazole rings is 1. The highest BCUT2D eigenvalue weighted by Crippen LogP contribution is 2.42. The van der Waals surface area contributed by atoms with Gasteiger partial charge in [-0.1, -0.05) is 40.2 Å². The van der Waals surface area contributed by atoms with Crippen molar-refractivity contribution in [3.05, 3.63) is 46.0 Å². The standard InChI is InChI=1S/C23H22Cl2N4O7S2/c1-11(30)33-10-18-20(34-12(2)31)19(29-9-17(27-28-29)22-26-6-7-37-22)21(35-13(3)32)23(36-18)38-14-4-5-15(24)16(25)8-14/h4-9,18-21,23H,10H2,1-3H3/t18-,19+,20+,21-,23-/m1/s1. The third-order valence-electron chi connectivity index (χ3n) is 5.28. The van der Waals surface area contributed by atoms with Gasteiger partial charge in [0.15, 0.2) is 12.2 Å². The van der Waals surface area contributed by atoms with E-state index in [2.05, 4.69) is 15.3 Å². The van der Waals surface area contributed by atoms with Crippen LogP contribution in [0.4, 0.5) is 0 Å². The molecule has 5 atom stereocenters. The predicted octanol–water partition coefficient (Wildman–Crippen LogP) is 4.19. The summed E-state index contributed by atoms with van der Waals surface area (Å²) < 4.78 is 24.3. The number of rotatable bonds is 8. The van der Waals surface area contributed by atoms with Crippen molar-refractivity contribution in [2.24, 2.45) is 0 Å². The SMILES string of the molecule is CC(=O)OC[C@H]1O[C@H](Sc2ccc(Cl)c(Cl)c2)[C@H](OC(C)=O)[C@@H](n2cc(-c3nccs3)nn2)[C@H]1OC(C)=O. The van der Waals surface area contributed by atoms with Crippen LogP contribution in [0, 0.1) is 0 Å². The second kappa shape index (κ2) is 12.4. The van der Waals surface area contributed by atoms with Gasteiger partial charge in [-0.25, -0.2) is 9.67 Å². The van der Waals surface area contributed by atoms with Gasteiger partial charge in [-0.2, -0.15) is 0 Å². The summed E-state index contributed by atoms with van der Waals surface area (Å²) in [6.07, 6.45) is 0.234. The van der Waals surface area contributed by atoms with E-state index in [0.29, 0.717) is 25.6 Å². The van der Waals surface area contributed by atoms with E-state index in [0.717, 1.165) is 0 Å². The quantitative estimate of drug-likeness (QED) is 0.272. The second-order valence-electron chi connectivity index (χ2n) is 8.10. The first-order valence-electron chi connectivity index (χ1n) is 11.2. The van der Waals surface area contributed by atoms with Crippen LogP contribution in [0.1, 0.15) is 26.8 Å². The van der Waals surface area contributed by atoms with Crippen molar-refractivity contribution in [2.45, 2.75) is 55.5 Å². The summed E-state index contributed by atoms with van der Waals surface area (Å²) in [5, 5.41) is 11.6. The summed E-state index contributed by atoms with van der Waals surface area (Å²) in [6, 6.07) is 4.10. The molecule has 3 heterocycles. The molecule has 1 fully saturated rings. The third-order valence-corrected chi connectivity index (χ3v) is 7.95. The van der Waals surface area contributed by atoms with Gasteiger partial charge in [0.1, 0.15) is 34.9 Å². The molecule has 1 aromatic carbocycles. The second-order valence-corrected chi connectivity index (χ2v) is 11.0. The topological polar surface area (TPSA) is 132 Å². The molecule has 15 heteroatoms. The summed E-state index contributed by atoms with van der Waals surface area (Å²) in [6.45, 7) is 3.51. The van der Waals surface area contributed by atoms with Crippen molar-refractivity contribution in [1.82, 2.24) is 20.0 Å². The maximum Gasteiger partial charge on any atom is 0.303 e. The Labute approximate surface area is 235 Å². The molecule has 0 amide bonds. The first kappa shape index (κ1) is 28.3. The van der Waals surface area contributed by atoms with Crippen molar-refractivity contribution >= 4 is 64.2 Å². The minimum Gasteiger partial charge on any atom is -0.463 e. The Hall–Kier alpha value is -2.71. The molecule has 0 radical (unpaired) electrons. The molecule has 0 saturated carbocycles. The number of ether oxygens (including phenoxy) is 4. The lowest BCUT2D eigenvalue weighted by Crippen LogP contribution is -2.57. The number of carbonyl (C=O) groups is 3. The minimum atomic E-state index is -1.06. The van der Waals surface area contributed by atoms with Gasteiger partial charge in [0.25, 0.3) is 0 Å². The van der Waals surface area contributed by atoms with Crippen LogP contribution in [0.2, 0.25) is 10.0 Å². The van der Waals surface area contributed by atoms with E-state index >= 15 is 0 Å². The van der Waals surface area contributed by atoms with Crippen molar-refractivity contribution < 1.29 is 33.3 Å². The van der Waals surface area contributed by atoms with E-state index in [9.17, 15) is 14.4 Å². The molecule has 3 aromatic rings. The molecule has 0 spiro atoms. The summed E-state index contributed by atoms with van der Waals surface area (Å²) in [5.74, 6) is -1.76. The average molecular weight is 601 g/mol. The molecule has 4 rings (SSSR count). The van der Waals surface area contributed by atoms with Gasteiger partial charge >= 0.3 is 17.9 Å². The van der Waals surface area contributed by atoms with Gasteiger partial charge < -0.3 is 18.9 Å². The first-order valence-corrected chi connectivity index (χ1v) is 13.7. The highest BCUT2D eigenvalue weighted by Gasteiger charge is 2.52. The van der Waals surface area contributed by atoms with E-state index in [-0.39, 0.29) is 6.61 Å². The Kier molecular flexibility index (Phi) is 9.26. The molecule has 1 saturated heterocycles. The molecular formula is C23H22Cl2N4O7S2. The molecule has 202 valence electrons. The summed E-state index contributed by atoms with van der Waals surface area (Å²) in [4.78, 5) is 41.0. The van der Waals surface area contributed by atoms with E-state index in [1.807, 2.05) is 0 Å². The van der Waals surface area contributed by atoms with Crippen LogP contribution in [0.3, 0.4) is 0 Å². The Balaban J connectivity index is 1.78. The maximum atomic E-state index is 12.2. The summed E-state index contributed by atoms with van der Waals surface area (Å²) in [7, 11) is 0. The van der Waals surface area contributed by atoms with Crippen molar-refractivity contribution in [1.29, 1.82) is 0 Å². The lowest BCUT2D eigenvalue weighted by Gasteiger charge is -2.44. The minimum absolute atomic E-state index is 0.233. The lowest BCUT2D eigenvalue weighted by atomic mass is 9.96. The number of hydrogen-bond donors (Lipinski definition) is 0. The van der Waals surface area contributed by atoms with Crippen LogP contribution >= 0.6 is 46.3 Å². The molecule has 0 aliphatic carbocycles. The van der Waals surface area contributed by atoms with Gasteiger partial charge in [-0.05, 0) is 18.2 Å². The monoisotopic (exact) mass is 600 g/mol. The predicted molar refractivity (Wildman–Crippen MR) is 139 cm³/mol. The fourth-order valence-electron chi connectivity index (χ4n) is 3.83. The van der Waals surface area contributed by atoms with Gasteiger partial charge in [0.2, 0.25) is 0 Å². The number of carbonyl (C=O) groups excluding carboxylic acids is 3. The van der Waals surface area contributed by atoms with E-state index in [1.165, 1.54) is 48.6 Å². The molecule has 0 N–H and O–H groups in total. The van der Waals surface area contributed by atoms with Crippen LogP contribution in [-0.4, -0.2) is 68.2 Å². The zero-order chi connectivity index (χ0) is 27.4. The Morgan fingerprint density at radius 3 is 2.45 bits per heavy atom. The number of nitrogens with zero attached hydrogens (tertiary/aromatic N) is 4. The highest BCUT2D eigenvalue weighted by molar-refractivity contribution is 7.99. The first-order chi connectivity index (χ1) is 18.1. The Morgan fingerprint density at radius 2 is 1.82 bits per heavy atom. The van der Waals surface area contributed by atoms with E-state index in [1.54, 1.807) is 36.0 Å². The lowest BCUT2D eigenvalue weighted by molar-refractivity contribution is -0.212. The maximum absolute atomic E-state index is 12.2. The van der Waals surface area contributed by atoms with Gasteiger partial charge in [-0.15, -0.1) is 16.4 Å². The number of benzene rings is 1. The van der Waals surface area contributed by atoms with Crippen LogP contribution in [0.5, 0.6) is 0 Å². The number of halogens is 2. The van der Waals surface area contributed by atoms with Crippen molar-refractivity contribution in [3.63, 3.8) is 0 Å². The van der Waals surface area contributed by atoms with Crippen LogP contribution in [0.25, 0.3) is 10.7 Å². The van der Waals surface area contributed by atoms with Crippen molar-refractivity contribution in [2.75, 3.05) is 6.61 Å². The third kappa shape index (κ3) is 6.83. The fraction of sp³-hybridized carbons (Fsp3) is 0.391. The molecule has 1 aliphatic rings. The fourth-order valence-corrected chi connectivity index (χ4v) is 5.93.